The van der Waals surface area contributed by atoms with Crippen molar-refractivity contribution >= 4 is 29.4 Å². The summed E-state index contributed by atoms with van der Waals surface area (Å²) in [6.07, 6.45) is 0.954. The van der Waals surface area contributed by atoms with E-state index in [4.69, 9.17) is 33.5 Å². The zero-order chi connectivity index (χ0) is 36.2. The van der Waals surface area contributed by atoms with E-state index in [1.807, 2.05) is 6.07 Å². The molecule has 0 aromatic carbocycles. The summed E-state index contributed by atoms with van der Waals surface area (Å²) in [5, 5.41) is 28.9. The molecular weight excluding hydrogens is 656 g/mol. The molecule has 1 saturated heterocycles. The highest BCUT2D eigenvalue weighted by Gasteiger charge is 2.60. The van der Waals surface area contributed by atoms with Gasteiger partial charge >= 0.3 is 23.9 Å². The van der Waals surface area contributed by atoms with Gasteiger partial charge in [0.15, 0.2) is 30.0 Å². The summed E-state index contributed by atoms with van der Waals surface area (Å²) in [4.78, 5) is 54.1. The van der Waals surface area contributed by atoms with Gasteiger partial charge in [-0.25, -0.2) is 19.1 Å². The van der Waals surface area contributed by atoms with Gasteiger partial charge in [-0.05, 0) is 36.8 Å². The molecule has 2 fully saturated rings. The standard InChI is InChI=1S/C33H42N6O11/c1-17(2)25(35)30(42)48-27-22(14-45-24(40)12-19-8-6-5-7-9-19)50-33(15-34,28(27)41)23-11-10-20-29(36-16-37-39(20)23)38-31(43)46-13-21-26(18(3)4)49-32(44)47-21/h10-11,16-19,22,25,27-28,41H,5-9,12-14,35H2,1-4H3,(H,36,37,38,43)/t22-,25+,27-,28-,33+/m1/s1. The fourth-order valence-electron chi connectivity index (χ4n) is 6.22. The second kappa shape index (κ2) is 15.4. The van der Waals surface area contributed by atoms with Gasteiger partial charge in [-0.1, -0.05) is 47.0 Å². The monoisotopic (exact) mass is 698 g/mol. The summed E-state index contributed by atoms with van der Waals surface area (Å²) >= 11 is 0. The van der Waals surface area contributed by atoms with Crippen LogP contribution in [-0.4, -0.2) is 68.7 Å². The molecule has 5 atom stereocenters. The highest BCUT2D eigenvalue weighted by Crippen LogP contribution is 2.42. The zero-order valence-electron chi connectivity index (χ0n) is 28.3. The molecule has 1 aliphatic heterocycles. The third-order valence-corrected chi connectivity index (χ3v) is 9.02. The number of rotatable bonds is 12. The van der Waals surface area contributed by atoms with E-state index >= 15 is 0 Å². The van der Waals surface area contributed by atoms with E-state index in [1.54, 1.807) is 27.7 Å². The van der Waals surface area contributed by atoms with Gasteiger partial charge in [0.2, 0.25) is 5.60 Å². The van der Waals surface area contributed by atoms with Crippen LogP contribution < -0.4 is 16.9 Å². The molecule has 0 unspecified atom stereocenters. The molecule has 270 valence electrons. The van der Waals surface area contributed by atoms with E-state index in [-0.39, 0.29) is 52.7 Å². The van der Waals surface area contributed by atoms with E-state index < -0.39 is 67.0 Å². The number of nitrogens with two attached hydrogens (primary N) is 1. The molecule has 4 heterocycles. The van der Waals surface area contributed by atoms with Gasteiger partial charge < -0.3 is 38.6 Å². The minimum atomic E-state index is -2.18. The Balaban J connectivity index is 1.37. The molecule has 0 bridgehead atoms. The first-order valence-corrected chi connectivity index (χ1v) is 16.6. The van der Waals surface area contributed by atoms with Gasteiger partial charge in [0.05, 0.1) is 5.69 Å². The van der Waals surface area contributed by atoms with Crippen molar-refractivity contribution in [2.75, 3.05) is 11.9 Å². The lowest BCUT2D eigenvalue weighted by Gasteiger charge is -2.25. The van der Waals surface area contributed by atoms with Gasteiger partial charge in [0.25, 0.3) is 0 Å². The number of ether oxygens (including phenoxy) is 4. The average molecular weight is 699 g/mol. The van der Waals surface area contributed by atoms with Crippen LogP contribution in [0.2, 0.25) is 0 Å². The van der Waals surface area contributed by atoms with Crippen LogP contribution in [0.1, 0.15) is 89.4 Å². The van der Waals surface area contributed by atoms with Crippen LogP contribution in [-0.2, 0) is 40.7 Å². The van der Waals surface area contributed by atoms with Crippen molar-refractivity contribution in [1.82, 2.24) is 14.6 Å². The molecule has 50 heavy (non-hydrogen) atoms. The maximum Gasteiger partial charge on any atom is 0.519 e. The summed E-state index contributed by atoms with van der Waals surface area (Å²) in [6, 6.07) is 3.87. The number of hydrogen-bond donors (Lipinski definition) is 3. The van der Waals surface area contributed by atoms with Crippen LogP contribution in [0.4, 0.5) is 10.6 Å². The molecule has 0 radical (unpaired) electrons. The molecule has 3 aromatic rings. The predicted octanol–water partition coefficient (Wildman–Crippen LogP) is 3.03. The summed E-state index contributed by atoms with van der Waals surface area (Å²) in [5.41, 5.74) is 4.03. The quantitative estimate of drug-likeness (QED) is 0.182. The maximum atomic E-state index is 13.0. The number of anilines is 1. The number of carbonyl (C=O) groups is 3. The Hall–Kier alpha value is -4.79. The minimum Gasteiger partial charge on any atom is -0.463 e. The largest absolute Gasteiger partial charge is 0.519 e. The Morgan fingerprint density at radius 3 is 2.58 bits per heavy atom. The van der Waals surface area contributed by atoms with E-state index in [0.29, 0.717) is 0 Å². The number of carbonyl (C=O) groups excluding carboxylic acids is 3. The number of esters is 2. The lowest BCUT2D eigenvalue weighted by atomic mass is 9.87. The molecule has 4 N–H and O–H groups in total. The lowest BCUT2D eigenvalue weighted by Crippen LogP contribution is -2.46. The van der Waals surface area contributed by atoms with Gasteiger partial charge in [-0.3, -0.25) is 14.9 Å². The SMILES string of the molecule is CC(C)c1oc(=O)oc1COC(=O)Nc1ncnn2c([C@]3(C#N)O[C@H](COC(=O)CC4CCCCC4)[C@@H](OC(=O)[C@@H](N)C(C)C)[C@H]3O)ccc12. The fourth-order valence-corrected chi connectivity index (χ4v) is 6.22. The van der Waals surface area contributed by atoms with Crippen LogP contribution in [0.5, 0.6) is 0 Å². The summed E-state index contributed by atoms with van der Waals surface area (Å²) in [5.74, 6) is -2.25. The first-order chi connectivity index (χ1) is 23.8. The van der Waals surface area contributed by atoms with Crippen LogP contribution in [0.25, 0.3) is 5.52 Å². The average Bonchev–Trinajstić information content (AvgIpc) is 3.77. The summed E-state index contributed by atoms with van der Waals surface area (Å²) in [6.45, 7) is 6.19. The van der Waals surface area contributed by atoms with Crippen molar-refractivity contribution in [2.45, 2.75) is 109 Å². The summed E-state index contributed by atoms with van der Waals surface area (Å²) < 4.78 is 33.8. The van der Waals surface area contributed by atoms with Crippen molar-refractivity contribution in [3.05, 3.63) is 46.3 Å². The van der Waals surface area contributed by atoms with E-state index in [1.165, 1.54) is 16.6 Å². The number of nitrogens with zero attached hydrogens (tertiary/aromatic N) is 4. The smallest absolute Gasteiger partial charge is 0.463 e. The third-order valence-electron chi connectivity index (χ3n) is 9.02. The Morgan fingerprint density at radius 1 is 1.16 bits per heavy atom. The predicted molar refractivity (Wildman–Crippen MR) is 171 cm³/mol. The Kier molecular flexibility index (Phi) is 11.2. The third kappa shape index (κ3) is 7.67. The number of amides is 1. The number of fused-ring (bicyclic) bond motifs is 1. The number of aliphatic hydroxyl groups excluding tert-OH is 1. The lowest BCUT2D eigenvalue weighted by molar-refractivity contribution is -0.162. The molecule has 17 nitrogen and oxygen atoms in total. The second-order valence-corrected chi connectivity index (χ2v) is 13.2. The van der Waals surface area contributed by atoms with E-state index in [0.717, 1.165) is 38.4 Å². The van der Waals surface area contributed by atoms with Gasteiger partial charge in [0.1, 0.15) is 42.8 Å². The number of hydrogen-bond acceptors (Lipinski definition) is 15. The molecule has 17 heteroatoms. The van der Waals surface area contributed by atoms with Gasteiger partial charge in [-0.15, -0.1) is 0 Å². The van der Waals surface area contributed by atoms with Crippen molar-refractivity contribution in [3.8, 4) is 6.07 Å². The Bertz CT molecular complexity index is 1790. The topological polar surface area (TPSA) is 244 Å². The van der Waals surface area contributed by atoms with Gasteiger partial charge in [-0.2, -0.15) is 10.4 Å². The number of nitrogens with one attached hydrogen (secondary N) is 1. The van der Waals surface area contributed by atoms with Crippen LogP contribution in [0, 0.1) is 23.2 Å². The zero-order valence-corrected chi connectivity index (χ0v) is 28.3. The Labute approximate surface area is 287 Å². The van der Waals surface area contributed by atoms with Crippen molar-refractivity contribution in [2.24, 2.45) is 17.6 Å². The fraction of sp³-hybridized carbons (Fsp3) is 0.606. The molecule has 1 saturated carbocycles. The molecule has 0 spiro atoms. The summed E-state index contributed by atoms with van der Waals surface area (Å²) in [7, 11) is 0. The number of aliphatic hydroxyl groups is 1. The van der Waals surface area contributed by atoms with Crippen molar-refractivity contribution < 1.29 is 47.3 Å². The first kappa shape index (κ1) is 36.5. The number of aromatic nitrogens is 3. The normalized spacial score (nSPS) is 23.1. The molecular formula is C33H42N6O11. The van der Waals surface area contributed by atoms with Crippen LogP contribution in [0.3, 0.4) is 0 Å². The minimum absolute atomic E-state index is 0.00769. The van der Waals surface area contributed by atoms with Crippen molar-refractivity contribution in [3.63, 3.8) is 0 Å². The van der Waals surface area contributed by atoms with E-state index in [2.05, 4.69) is 15.4 Å². The Morgan fingerprint density at radius 2 is 1.90 bits per heavy atom. The molecule has 3 aromatic heterocycles. The van der Waals surface area contributed by atoms with Gasteiger partial charge in [0, 0.05) is 12.3 Å². The highest BCUT2D eigenvalue weighted by atomic mass is 16.6. The van der Waals surface area contributed by atoms with Crippen molar-refractivity contribution in [1.29, 1.82) is 5.26 Å². The highest BCUT2D eigenvalue weighted by molar-refractivity contribution is 5.88. The first-order valence-electron chi connectivity index (χ1n) is 16.6. The maximum absolute atomic E-state index is 13.0. The number of nitriles is 1. The molecule has 2 aliphatic rings. The van der Waals surface area contributed by atoms with Crippen LogP contribution in [0.15, 0.2) is 32.1 Å². The van der Waals surface area contributed by atoms with Crippen LogP contribution >= 0.6 is 0 Å². The molecule has 5 rings (SSSR count). The van der Waals surface area contributed by atoms with E-state index in [9.17, 15) is 29.5 Å². The second-order valence-electron chi connectivity index (χ2n) is 13.2. The molecule has 1 aliphatic carbocycles. The molecule has 1 amide bonds.